The zero-order valence-electron chi connectivity index (χ0n) is 15.0. The molecular weight excluding hydrogens is 361 g/mol. The molecule has 0 spiro atoms. The van der Waals surface area contributed by atoms with Crippen molar-refractivity contribution in [1.29, 1.82) is 0 Å². The van der Waals surface area contributed by atoms with Crippen molar-refractivity contribution in [3.63, 3.8) is 0 Å². The van der Waals surface area contributed by atoms with E-state index in [0.29, 0.717) is 31.1 Å². The van der Waals surface area contributed by atoms with E-state index in [1.807, 2.05) is 49.9 Å². The molecule has 1 atom stereocenters. The lowest BCUT2D eigenvalue weighted by atomic mass is 9.96. The minimum atomic E-state index is -0.443. The van der Waals surface area contributed by atoms with E-state index >= 15 is 0 Å². The predicted molar refractivity (Wildman–Crippen MR) is 103 cm³/mol. The van der Waals surface area contributed by atoms with Gasteiger partial charge in [-0.3, -0.25) is 9.59 Å². The van der Waals surface area contributed by atoms with Crippen LogP contribution in [0.15, 0.2) is 24.3 Å². The quantitative estimate of drug-likeness (QED) is 0.834. The summed E-state index contributed by atoms with van der Waals surface area (Å²) in [5.74, 6) is 0.0117. The first-order valence-corrected chi connectivity index (χ1v) is 8.71. The summed E-state index contributed by atoms with van der Waals surface area (Å²) < 4.78 is 0. The van der Waals surface area contributed by atoms with Gasteiger partial charge in [0.1, 0.15) is 0 Å². The maximum Gasteiger partial charge on any atom is 0.225 e. The Morgan fingerprint density at radius 1 is 1.36 bits per heavy atom. The number of carbonyl (C=O) groups excluding carboxylic acids is 2. The molecule has 1 fully saturated rings. The Balaban J connectivity index is 0.00000312. The lowest BCUT2D eigenvalue weighted by Gasteiger charge is -2.37. The molecule has 1 unspecified atom stereocenters. The van der Waals surface area contributed by atoms with Gasteiger partial charge in [0.05, 0.1) is 6.04 Å². The second-order valence-corrected chi connectivity index (χ2v) is 7.55. The highest BCUT2D eigenvalue weighted by atomic mass is 35.5. The van der Waals surface area contributed by atoms with Crippen LogP contribution < -0.4 is 10.6 Å². The molecule has 1 heterocycles. The van der Waals surface area contributed by atoms with Crippen LogP contribution in [0.3, 0.4) is 0 Å². The minimum Gasteiger partial charge on any atom is -0.355 e. The number of piperazine rings is 1. The number of benzene rings is 1. The molecule has 1 aromatic carbocycles. The van der Waals surface area contributed by atoms with Crippen LogP contribution in [0.4, 0.5) is 0 Å². The number of nitrogens with one attached hydrogen (secondary N) is 2. The van der Waals surface area contributed by atoms with Crippen molar-refractivity contribution in [3.05, 3.63) is 34.9 Å². The average Bonchev–Trinajstić information content (AvgIpc) is 2.53. The maximum atomic E-state index is 12.6. The SMILES string of the molecule is CC(C)(C)C(=O)NCCC(=O)N1CCNCC1c1cccc(Cl)c1.Cl. The Hall–Kier alpha value is -1.30. The molecule has 7 heteroatoms. The third-order valence-electron chi connectivity index (χ3n) is 4.10. The number of rotatable bonds is 4. The summed E-state index contributed by atoms with van der Waals surface area (Å²) in [6.45, 7) is 8.07. The van der Waals surface area contributed by atoms with Crippen LogP contribution in [0, 0.1) is 5.41 Å². The van der Waals surface area contributed by atoms with E-state index in [9.17, 15) is 9.59 Å². The summed E-state index contributed by atoms with van der Waals surface area (Å²) in [4.78, 5) is 26.4. The summed E-state index contributed by atoms with van der Waals surface area (Å²) in [5.41, 5.74) is 0.586. The van der Waals surface area contributed by atoms with Crippen molar-refractivity contribution in [1.82, 2.24) is 15.5 Å². The Kier molecular flexibility index (Phi) is 8.19. The molecule has 2 amide bonds. The molecule has 1 aromatic rings. The highest BCUT2D eigenvalue weighted by Crippen LogP contribution is 2.25. The van der Waals surface area contributed by atoms with Gasteiger partial charge in [0.2, 0.25) is 11.8 Å². The third kappa shape index (κ3) is 6.17. The summed E-state index contributed by atoms with van der Waals surface area (Å²) in [7, 11) is 0. The van der Waals surface area contributed by atoms with Crippen molar-refractivity contribution in [2.75, 3.05) is 26.2 Å². The van der Waals surface area contributed by atoms with Gasteiger partial charge in [-0.05, 0) is 17.7 Å². The molecule has 1 aliphatic heterocycles. The monoisotopic (exact) mass is 387 g/mol. The first-order chi connectivity index (χ1) is 11.3. The molecule has 2 rings (SSSR count). The number of amides is 2. The van der Waals surface area contributed by atoms with Gasteiger partial charge < -0.3 is 15.5 Å². The van der Waals surface area contributed by atoms with E-state index in [-0.39, 0.29) is 30.3 Å². The van der Waals surface area contributed by atoms with Gasteiger partial charge in [-0.15, -0.1) is 12.4 Å². The van der Waals surface area contributed by atoms with E-state index in [0.717, 1.165) is 12.1 Å². The zero-order valence-corrected chi connectivity index (χ0v) is 16.5. The summed E-state index contributed by atoms with van der Waals surface area (Å²) in [5, 5.41) is 6.83. The number of hydrogen-bond acceptors (Lipinski definition) is 3. The van der Waals surface area contributed by atoms with Crippen molar-refractivity contribution in [3.8, 4) is 0 Å². The standard InChI is InChI=1S/C18H26ClN3O2.ClH/c1-18(2,3)17(24)21-8-7-16(23)22-10-9-20-12-15(22)13-5-4-6-14(19)11-13;/h4-6,11,15,20H,7-10,12H2,1-3H3,(H,21,24);1H. The van der Waals surface area contributed by atoms with Crippen molar-refractivity contribution < 1.29 is 9.59 Å². The van der Waals surface area contributed by atoms with E-state index in [1.54, 1.807) is 0 Å². The van der Waals surface area contributed by atoms with Crippen LogP contribution in [0.25, 0.3) is 0 Å². The fraction of sp³-hybridized carbons (Fsp3) is 0.556. The normalized spacial score (nSPS) is 17.6. The van der Waals surface area contributed by atoms with Crippen LogP contribution in [0.2, 0.25) is 5.02 Å². The summed E-state index contributed by atoms with van der Waals surface area (Å²) in [6.07, 6.45) is 0.304. The van der Waals surface area contributed by atoms with E-state index in [2.05, 4.69) is 10.6 Å². The molecule has 25 heavy (non-hydrogen) atoms. The molecule has 0 aliphatic carbocycles. The topological polar surface area (TPSA) is 61.4 Å². The Labute approximate surface area is 160 Å². The van der Waals surface area contributed by atoms with Crippen LogP contribution >= 0.6 is 24.0 Å². The van der Waals surface area contributed by atoms with E-state index in [1.165, 1.54) is 0 Å². The predicted octanol–water partition coefficient (Wildman–Crippen LogP) is 2.79. The van der Waals surface area contributed by atoms with Crippen molar-refractivity contribution in [2.45, 2.75) is 33.2 Å². The van der Waals surface area contributed by atoms with Crippen molar-refractivity contribution >= 4 is 35.8 Å². The van der Waals surface area contributed by atoms with Gasteiger partial charge in [-0.2, -0.15) is 0 Å². The summed E-state index contributed by atoms with van der Waals surface area (Å²) in [6, 6.07) is 7.60. The molecule has 0 radical (unpaired) electrons. The van der Waals surface area contributed by atoms with Crippen LogP contribution in [-0.2, 0) is 9.59 Å². The largest absolute Gasteiger partial charge is 0.355 e. The number of nitrogens with zero attached hydrogens (tertiary/aromatic N) is 1. The molecule has 0 bridgehead atoms. The molecule has 0 saturated carbocycles. The van der Waals surface area contributed by atoms with Crippen LogP contribution in [0.5, 0.6) is 0 Å². The van der Waals surface area contributed by atoms with Gasteiger partial charge in [-0.25, -0.2) is 0 Å². The molecule has 5 nitrogen and oxygen atoms in total. The smallest absolute Gasteiger partial charge is 0.225 e. The molecule has 140 valence electrons. The Morgan fingerprint density at radius 3 is 2.72 bits per heavy atom. The average molecular weight is 388 g/mol. The second-order valence-electron chi connectivity index (χ2n) is 7.12. The van der Waals surface area contributed by atoms with Crippen LogP contribution in [0.1, 0.15) is 38.8 Å². The van der Waals surface area contributed by atoms with Gasteiger partial charge in [0, 0.05) is 43.0 Å². The minimum absolute atomic E-state index is 0. The fourth-order valence-corrected chi connectivity index (χ4v) is 2.90. The lowest BCUT2D eigenvalue weighted by Crippen LogP contribution is -2.49. The van der Waals surface area contributed by atoms with Gasteiger partial charge in [-0.1, -0.05) is 44.5 Å². The number of hydrogen-bond donors (Lipinski definition) is 2. The van der Waals surface area contributed by atoms with Gasteiger partial charge in [0.25, 0.3) is 0 Å². The van der Waals surface area contributed by atoms with Crippen LogP contribution in [-0.4, -0.2) is 42.9 Å². The first-order valence-electron chi connectivity index (χ1n) is 8.33. The zero-order chi connectivity index (χ0) is 17.7. The van der Waals surface area contributed by atoms with Gasteiger partial charge >= 0.3 is 0 Å². The highest BCUT2D eigenvalue weighted by molar-refractivity contribution is 6.30. The Morgan fingerprint density at radius 2 is 2.08 bits per heavy atom. The second kappa shape index (κ2) is 9.41. The third-order valence-corrected chi connectivity index (χ3v) is 4.34. The fourth-order valence-electron chi connectivity index (χ4n) is 2.71. The number of halogens is 2. The lowest BCUT2D eigenvalue weighted by molar-refractivity contribution is -0.134. The summed E-state index contributed by atoms with van der Waals surface area (Å²) >= 11 is 6.08. The van der Waals surface area contributed by atoms with E-state index < -0.39 is 5.41 Å². The molecule has 1 aliphatic rings. The molecular formula is C18H27Cl2N3O2. The maximum absolute atomic E-state index is 12.6. The first kappa shape index (κ1) is 21.7. The molecule has 1 saturated heterocycles. The van der Waals surface area contributed by atoms with E-state index in [4.69, 9.17) is 11.6 Å². The Bertz CT molecular complexity index is 602. The molecule has 0 aromatic heterocycles. The van der Waals surface area contributed by atoms with Crippen molar-refractivity contribution in [2.24, 2.45) is 5.41 Å². The number of carbonyl (C=O) groups is 2. The van der Waals surface area contributed by atoms with Gasteiger partial charge in [0.15, 0.2) is 0 Å². The highest BCUT2D eigenvalue weighted by Gasteiger charge is 2.28. The molecule has 2 N–H and O–H groups in total.